The monoisotopic (exact) mass is 461 g/mol. The summed E-state index contributed by atoms with van der Waals surface area (Å²) in [6.07, 6.45) is 3.18. The van der Waals surface area contributed by atoms with Gasteiger partial charge in [0.25, 0.3) is 23.6 Å². The van der Waals surface area contributed by atoms with Crippen LogP contribution < -0.4 is 10.1 Å². The molecule has 8 nitrogen and oxygen atoms in total. The van der Waals surface area contributed by atoms with Crippen molar-refractivity contribution in [1.29, 1.82) is 0 Å². The third-order valence-electron chi connectivity index (χ3n) is 5.87. The van der Waals surface area contributed by atoms with Gasteiger partial charge in [0.05, 0.1) is 24.8 Å². The third kappa shape index (κ3) is 3.60. The first-order chi connectivity index (χ1) is 15.9. The lowest BCUT2D eigenvalue weighted by atomic mass is 10.0. The highest BCUT2D eigenvalue weighted by Crippen LogP contribution is 2.31. The minimum Gasteiger partial charge on any atom is -0.496 e. The van der Waals surface area contributed by atoms with Crippen molar-refractivity contribution in [2.24, 2.45) is 0 Å². The van der Waals surface area contributed by atoms with Crippen LogP contribution in [0, 0.1) is 0 Å². The molecule has 0 unspecified atom stereocenters. The number of methoxy groups -OCH3 is 1. The highest BCUT2D eigenvalue weighted by molar-refractivity contribution is 7.80. The zero-order valence-electron chi connectivity index (χ0n) is 17.7. The second-order valence-electron chi connectivity index (χ2n) is 8.04. The van der Waals surface area contributed by atoms with E-state index in [9.17, 15) is 19.2 Å². The molecule has 9 heteroatoms. The van der Waals surface area contributed by atoms with E-state index in [-0.39, 0.29) is 35.1 Å². The average Bonchev–Trinajstić information content (AvgIpc) is 3.61. The maximum atomic E-state index is 12.9. The molecule has 1 saturated carbocycles. The minimum atomic E-state index is -0.556. The summed E-state index contributed by atoms with van der Waals surface area (Å²) in [6, 6.07) is 11.8. The summed E-state index contributed by atoms with van der Waals surface area (Å²) in [4.78, 5) is 53.5. The van der Waals surface area contributed by atoms with Crippen LogP contribution in [-0.4, -0.2) is 51.7 Å². The first kappa shape index (κ1) is 21.0. The SMILES string of the molecule is COc1ccc(C=C2C(=O)NC(=S)N(C3CC3)C2=O)cc1CN1C(=O)c2ccccc2C1=O. The quantitative estimate of drug-likeness (QED) is 0.318. The predicted molar refractivity (Wildman–Crippen MR) is 122 cm³/mol. The Morgan fingerprint density at radius 2 is 1.70 bits per heavy atom. The number of carbonyl (C=O) groups excluding carboxylic acids is 4. The molecular formula is C24H19N3O5S. The highest BCUT2D eigenvalue weighted by atomic mass is 32.1. The number of rotatable bonds is 5. The van der Waals surface area contributed by atoms with E-state index < -0.39 is 11.8 Å². The molecule has 3 aliphatic rings. The van der Waals surface area contributed by atoms with E-state index in [1.54, 1.807) is 42.5 Å². The Hall–Kier alpha value is -3.85. The third-order valence-corrected chi connectivity index (χ3v) is 6.17. The molecule has 1 N–H and O–H groups in total. The highest BCUT2D eigenvalue weighted by Gasteiger charge is 2.42. The van der Waals surface area contributed by atoms with Crippen LogP contribution in [0.1, 0.15) is 44.7 Å². The Morgan fingerprint density at radius 1 is 1.03 bits per heavy atom. The topological polar surface area (TPSA) is 96.0 Å². The van der Waals surface area contributed by atoms with Gasteiger partial charge in [-0.2, -0.15) is 0 Å². The molecule has 2 heterocycles. The van der Waals surface area contributed by atoms with Gasteiger partial charge in [-0.05, 0) is 61.0 Å². The van der Waals surface area contributed by atoms with Gasteiger partial charge in [-0.1, -0.05) is 18.2 Å². The van der Waals surface area contributed by atoms with Crippen LogP contribution in [0.2, 0.25) is 0 Å². The zero-order valence-corrected chi connectivity index (χ0v) is 18.5. The van der Waals surface area contributed by atoms with Crippen molar-refractivity contribution in [2.75, 3.05) is 7.11 Å². The molecule has 5 rings (SSSR count). The van der Waals surface area contributed by atoms with Gasteiger partial charge in [0.15, 0.2) is 5.11 Å². The van der Waals surface area contributed by atoms with Crippen LogP contribution in [0.25, 0.3) is 6.08 Å². The fourth-order valence-corrected chi connectivity index (χ4v) is 4.39. The number of imide groups is 1. The molecule has 2 aromatic rings. The van der Waals surface area contributed by atoms with E-state index in [0.717, 1.165) is 17.7 Å². The first-order valence-electron chi connectivity index (χ1n) is 10.4. The molecule has 0 bridgehead atoms. The molecule has 166 valence electrons. The number of ether oxygens (including phenoxy) is 1. The van der Waals surface area contributed by atoms with Crippen molar-refractivity contribution in [3.05, 3.63) is 70.3 Å². The van der Waals surface area contributed by atoms with Crippen molar-refractivity contribution < 1.29 is 23.9 Å². The van der Waals surface area contributed by atoms with Gasteiger partial charge in [0.2, 0.25) is 0 Å². The molecule has 1 saturated heterocycles. The lowest BCUT2D eigenvalue weighted by molar-refractivity contribution is -0.129. The number of benzene rings is 2. The maximum absolute atomic E-state index is 12.9. The zero-order chi connectivity index (χ0) is 23.3. The van der Waals surface area contributed by atoms with E-state index in [4.69, 9.17) is 17.0 Å². The number of hydrogen-bond donors (Lipinski definition) is 1. The van der Waals surface area contributed by atoms with Crippen LogP contribution in [0.4, 0.5) is 0 Å². The van der Waals surface area contributed by atoms with Gasteiger partial charge >= 0.3 is 0 Å². The van der Waals surface area contributed by atoms with Gasteiger partial charge in [-0.3, -0.25) is 34.3 Å². The van der Waals surface area contributed by atoms with E-state index in [1.807, 2.05) is 0 Å². The summed E-state index contributed by atoms with van der Waals surface area (Å²) >= 11 is 5.16. The van der Waals surface area contributed by atoms with E-state index in [2.05, 4.69) is 5.32 Å². The second-order valence-corrected chi connectivity index (χ2v) is 8.42. The summed E-state index contributed by atoms with van der Waals surface area (Å²) in [5.41, 5.74) is 1.83. The van der Waals surface area contributed by atoms with E-state index >= 15 is 0 Å². The Bertz CT molecular complexity index is 1250. The number of amides is 4. The fourth-order valence-electron chi connectivity index (χ4n) is 4.07. The Kier molecular flexibility index (Phi) is 5.05. The van der Waals surface area contributed by atoms with Crippen LogP contribution in [0.5, 0.6) is 5.75 Å². The first-order valence-corrected chi connectivity index (χ1v) is 10.8. The van der Waals surface area contributed by atoms with Crippen LogP contribution in [0.15, 0.2) is 48.0 Å². The molecule has 0 radical (unpaired) electrons. The molecule has 2 aromatic carbocycles. The molecule has 0 atom stereocenters. The van der Waals surface area contributed by atoms with Crippen molar-refractivity contribution in [3.8, 4) is 5.75 Å². The normalized spacial score (nSPS) is 19.3. The van der Waals surface area contributed by atoms with Gasteiger partial charge in [-0.25, -0.2) is 0 Å². The van der Waals surface area contributed by atoms with E-state index in [1.165, 1.54) is 18.1 Å². The summed E-state index contributed by atoms with van der Waals surface area (Å²) in [6.45, 7) is -0.00897. The lowest BCUT2D eigenvalue weighted by Gasteiger charge is -2.28. The van der Waals surface area contributed by atoms with Crippen molar-refractivity contribution in [3.63, 3.8) is 0 Å². The minimum absolute atomic E-state index is 0.00897. The maximum Gasteiger partial charge on any atom is 0.265 e. The Balaban J connectivity index is 1.46. The molecule has 2 fully saturated rings. The largest absolute Gasteiger partial charge is 0.496 e. The molecule has 33 heavy (non-hydrogen) atoms. The second kappa shape index (κ2) is 7.93. The number of fused-ring (bicyclic) bond motifs is 1. The number of thiocarbonyl (C=S) groups is 1. The molecule has 4 amide bonds. The van der Waals surface area contributed by atoms with E-state index in [0.29, 0.717) is 28.0 Å². The molecule has 1 aliphatic carbocycles. The van der Waals surface area contributed by atoms with Crippen molar-refractivity contribution >= 4 is 47.0 Å². The fraction of sp³-hybridized carbons (Fsp3) is 0.208. The number of carbonyl (C=O) groups is 4. The number of nitrogens with zero attached hydrogens (tertiary/aromatic N) is 2. The molecule has 2 aliphatic heterocycles. The lowest BCUT2D eigenvalue weighted by Crippen LogP contribution is -2.54. The van der Waals surface area contributed by atoms with Crippen LogP contribution in [0.3, 0.4) is 0 Å². The average molecular weight is 461 g/mol. The standard InChI is InChI=1S/C24H19N3O5S/c1-32-19-9-6-13(11-18-20(28)25-24(33)27(23(18)31)15-7-8-15)10-14(19)12-26-21(29)16-4-2-3-5-17(16)22(26)30/h2-6,9-11,15H,7-8,12H2,1H3,(H,25,28,33). The Morgan fingerprint density at radius 3 is 2.30 bits per heavy atom. The number of nitrogens with one attached hydrogen (secondary N) is 1. The summed E-state index contributed by atoms with van der Waals surface area (Å²) in [5.74, 6) is -1.26. The summed E-state index contributed by atoms with van der Waals surface area (Å²) < 4.78 is 5.42. The van der Waals surface area contributed by atoms with Crippen LogP contribution >= 0.6 is 12.2 Å². The molecule has 0 spiro atoms. The van der Waals surface area contributed by atoms with Crippen molar-refractivity contribution in [1.82, 2.24) is 15.1 Å². The summed E-state index contributed by atoms with van der Waals surface area (Å²) in [5, 5.41) is 2.71. The molecule has 0 aromatic heterocycles. The smallest absolute Gasteiger partial charge is 0.265 e. The van der Waals surface area contributed by atoms with Gasteiger partial charge in [0.1, 0.15) is 11.3 Å². The Labute approximate surface area is 194 Å². The summed E-state index contributed by atoms with van der Waals surface area (Å²) in [7, 11) is 1.49. The van der Waals surface area contributed by atoms with Gasteiger partial charge in [-0.15, -0.1) is 0 Å². The molecular weight excluding hydrogens is 442 g/mol. The van der Waals surface area contributed by atoms with Crippen LogP contribution in [-0.2, 0) is 16.1 Å². The van der Waals surface area contributed by atoms with Crippen molar-refractivity contribution in [2.45, 2.75) is 25.4 Å². The predicted octanol–water partition coefficient (Wildman–Crippen LogP) is 2.28. The van der Waals surface area contributed by atoms with Gasteiger partial charge in [0, 0.05) is 11.6 Å². The number of hydrogen-bond acceptors (Lipinski definition) is 6. The van der Waals surface area contributed by atoms with Gasteiger partial charge < -0.3 is 4.74 Å².